The highest BCUT2D eigenvalue weighted by Crippen LogP contribution is 2.16. The summed E-state index contributed by atoms with van der Waals surface area (Å²) in [6, 6.07) is 12.1. The minimum atomic E-state index is -0.557. The molecule has 1 aromatic heterocycles. The van der Waals surface area contributed by atoms with E-state index in [9.17, 15) is 9.18 Å². The second kappa shape index (κ2) is 9.25. The molecule has 2 aromatic carbocycles. The molecule has 0 bridgehead atoms. The van der Waals surface area contributed by atoms with Crippen LogP contribution in [-0.4, -0.2) is 22.7 Å². The summed E-state index contributed by atoms with van der Waals surface area (Å²) in [5, 5.41) is 10.1. The third-order valence-corrected chi connectivity index (χ3v) is 3.56. The minimum absolute atomic E-state index is 0.000283. The number of hydrogen-bond donors (Lipinski definition) is 2. The van der Waals surface area contributed by atoms with Crippen LogP contribution in [0.25, 0.3) is 10.8 Å². The van der Waals surface area contributed by atoms with Crippen molar-refractivity contribution < 1.29 is 19.0 Å². The fourth-order valence-electron chi connectivity index (χ4n) is 2.39. The molecular formula is C20H16F2N2O2. The van der Waals surface area contributed by atoms with Crippen LogP contribution in [0.3, 0.4) is 0 Å². The van der Waals surface area contributed by atoms with Gasteiger partial charge in [0.05, 0.1) is 11.1 Å². The number of hydrogen-bond acceptors (Lipinski definition) is 3. The summed E-state index contributed by atoms with van der Waals surface area (Å²) in [6.45, 7) is 2.23. The summed E-state index contributed by atoms with van der Waals surface area (Å²) in [4.78, 5) is 16.0. The maximum Gasteiger partial charge on any atom is 0.254 e. The number of carbonyl (C=O) groups is 1. The van der Waals surface area contributed by atoms with Crippen molar-refractivity contribution in [1.29, 1.82) is 0 Å². The Morgan fingerprint density at radius 1 is 1.15 bits per heavy atom. The van der Waals surface area contributed by atoms with Gasteiger partial charge in [-0.2, -0.15) is 0 Å². The number of aromatic nitrogens is 1. The molecule has 4 nitrogen and oxygen atoms in total. The topological polar surface area (TPSA) is 62.2 Å². The van der Waals surface area contributed by atoms with Gasteiger partial charge in [-0.15, -0.1) is 0 Å². The van der Waals surface area contributed by atoms with Crippen molar-refractivity contribution in [1.82, 2.24) is 10.3 Å². The first-order valence-corrected chi connectivity index (χ1v) is 7.78. The van der Waals surface area contributed by atoms with E-state index in [1.54, 1.807) is 25.4 Å². The summed E-state index contributed by atoms with van der Waals surface area (Å²) in [6.07, 6.45) is 3.48. The highest BCUT2D eigenvalue weighted by atomic mass is 19.3. The van der Waals surface area contributed by atoms with Crippen LogP contribution < -0.4 is 5.32 Å². The van der Waals surface area contributed by atoms with Gasteiger partial charge in [-0.3, -0.25) is 9.78 Å². The molecule has 1 amide bonds. The van der Waals surface area contributed by atoms with E-state index in [0.717, 1.165) is 16.3 Å². The second-order valence-electron chi connectivity index (χ2n) is 5.21. The highest BCUT2D eigenvalue weighted by Gasteiger charge is 2.10. The number of rotatable bonds is 2. The molecular weight excluding hydrogens is 338 g/mol. The molecule has 3 aromatic rings. The number of nitrogens with zero attached hydrogens (tertiary/aromatic N) is 1. The molecule has 26 heavy (non-hydrogen) atoms. The molecule has 0 saturated heterocycles. The van der Waals surface area contributed by atoms with E-state index in [1.165, 1.54) is 12.1 Å². The summed E-state index contributed by atoms with van der Waals surface area (Å²) >= 11 is 0. The fourth-order valence-corrected chi connectivity index (χ4v) is 2.39. The standard InChI is InChI=1S/C20H15FN2O.FHO/c1-2-23-20(24)18-11-14(8-10-19(18)21)7-9-16-13-22-12-15-5-3-4-6-17(15)16;1-2/h3-6,8,10-13H,2H2,1H3,(H,23,24);2H. The fraction of sp³-hybridized carbons (Fsp3) is 0.100. The zero-order chi connectivity index (χ0) is 18.9. The molecule has 0 radical (unpaired) electrons. The van der Waals surface area contributed by atoms with Gasteiger partial charge in [-0.05, 0) is 25.1 Å². The van der Waals surface area contributed by atoms with Crippen LogP contribution in [0, 0.1) is 17.7 Å². The number of fused-ring (bicyclic) bond motifs is 1. The Labute approximate surface area is 149 Å². The Balaban J connectivity index is 0.00000117. The van der Waals surface area contributed by atoms with Crippen LogP contribution in [0.2, 0.25) is 0 Å². The normalized spacial score (nSPS) is 9.54. The quantitative estimate of drug-likeness (QED) is 0.694. The molecule has 0 aliphatic carbocycles. The summed E-state index contributed by atoms with van der Waals surface area (Å²) in [5.74, 6) is 5.04. The van der Waals surface area contributed by atoms with Crippen LogP contribution in [0.5, 0.6) is 0 Å². The average molecular weight is 354 g/mol. The van der Waals surface area contributed by atoms with Gasteiger partial charge in [0.15, 0.2) is 0 Å². The Kier molecular flexibility index (Phi) is 6.77. The summed E-state index contributed by atoms with van der Waals surface area (Å²) < 4.78 is 22.3. The predicted molar refractivity (Wildman–Crippen MR) is 95.5 cm³/mol. The maximum absolute atomic E-state index is 13.8. The van der Waals surface area contributed by atoms with E-state index in [0.29, 0.717) is 12.1 Å². The van der Waals surface area contributed by atoms with Crippen molar-refractivity contribution in [2.45, 2.75) is 6.92 Å². The molecule has 0 spiro atoms. The van der Waals surface area contributed by atoms with Gasteiger partial charge in [-0.25, -0.2) is 9.70 Å². The van der Waals surface area contributed by atoms with Gasteiger partial charge in [0, 0.05) is 35.3 Å². The second-order valence-corrected chi connectivity index (χ2v) is 5.21. The van der Waals surface area contributed by atoms with Crippen LogP contribution in [-0.2, 0) is 0 Å². The molecule has 1 heterocycles. The van der Waals surface area contributed by atoms with E-state index in [2.05, 4.69) is 22.1 Å². The van der Waals surface area contributed by atoms with Gasteiger partial charge in [0.25, 0.3) is 5.91 Å². The molecule has 0 fully saturated rings. The molecule has 0 unspecified atom stereocenters. The van der Waals surface area contributed by atoms with Crippen molar-refractivity contribution in [3.05, 3.63) is 77.4 Å². The molecule has 0 atom stereocenters. The van der Waals surface area contributed by atoms with Crippen LogP contribution >= 0.6 is 0 Å². The summed E-state index contributed by atoms with van der Waals surface area (Å²) in [7, 11) is 0. The first-order chi connectivity index (χ1) is 12.7. The zero-order valence-electron chi connectivity index (χ0n) is 14.0. The first kappa shape index (κ1) is 19.0. The number of halogens is 2. The molecule has 2 N–H and O–H groups in total. The van der Waals surface area contributed by atoms with Gasteiger partial charge < -0.3 is 5.32 Å². The number of benzene rings is 2. The van der Waals surface area contributed by atoms with E-state index in [1.807, 2.05) is 24.3 Å². The highest BCUT2D eigenvalue weighted by molar-refractivity contribution is 5.94. The van der Waals surface area contributed by atoms with Crippen molar-refractivity contribution in [3.8, 4) is 11.8 Å². The van der Waals surface area contributed by atoms with Crippen molar-refractivity contribution in [3.63, 3.8) is 0 Å². The predicted octanol–water partition coefficient (Wildman–Crippen LogP) is 3.39. The lowest BCUT2D eigenvalue weighted by atomic mass is 10.1. The molecule has 0 aliphatic rings. The van der Waals surface area contributed by atoms with Crippen LogP contribution in [0.1, 0.15) is 28.4 Å². The Bertz CT molecular complexity index is 973. The van der Waals surface area contributed by atoms with Gasteiger partial charge in [0.2, 0.25) is 0 Å². The molecule has 0 aliphatic heterocycles. The monoisotopic (exact) mass is 354 g/mol. The molecule has 3 rings (SSSR count). The Morgan fingerprint density at radius 3 is 2.69 bits per heavy atom. The zero-order valence-corrected chi connectivity index (χ0v) is 14.0. The lowest BCUT2D eigenvalue weighted by molar-refractivity contribution is -0.0441. The van der Waals surface area contributed by atoms with E-state index < -0.39 is 11.7 Å². The smallest absolute Gasteiger partial charge is 0.254 e. The number of nitrogens with one attached hydrogen (secondary N) is 1. The first-order valence-electron chi connectivity index (χ1n) is 7.78. The van der Waals surface area contributed by atoms with E-state index in [-0.39, 0.29) is 5.56 Å². The van der Waals surface area contributed by atoms with Gasteiger partial charge in [-0.1, -0.05) is 40.6 Å². The largest absolute Gasteiger partial charge is 0.352 e. The van der Waals surface area contributed by atoms with Crippen molar-refractivity contribution in [2.24, 2.45) is 0 Å². The Hall–Kier alpha value is -3.30. The lowest BCUT2D eigenvalue weighted by Gasteiger charge is -2.04. The number of pyridine rings is 1. The van der Waals surface area contributed by atoms with Crippen molar-refractivity contribution >= 4 is 16.7 Å². The summed E-state index contributed by atoms with van der Waals surface area (Å²) in [5.41, 5.74) is 1.36. The minimum Gasteiger partial charge on any atom is -0.352 e. The van der Waals surface area contributed by atoms with Crippen LogP contribution in [0.4, 0.5) is 8.92 Å². The van der Waals surface area contributed by atoms with Crippen molar-refractivity contribution in [2.75, 3.05) is 6.54 Å². The third-order valence-electron chi connectivity index (χ3n) is 3.56. The van der Waals surface area contributed by atoms with E-state index >= 15 is 0 Å². The number of carbonyl (C=O) groups excluding carboxylic acids is 1. The van der Waals surface area contributed by atoms with Gasteiger partial charge in [0.1, 0.15) is 5.82 Å². The molecule has 0 saturated carbocycles. The maximum atomic E-state index is 13.8. The van der Waals surface area contributed by atoms with E-state index in [4.69, 9.17) is 9.84 Å². The van der Waals surface area contributed by atoms with Gasteiger partial charge >= 0.3 is 0 Å². The SMILES string of the molecule is CCNC(=O)c1cc(C#Cc2cncc3ccccc23)ccc1F.OF. The average Bonchev–Trinajstić information content (AvgIpc) is 2.69. The molecule has 132 valence electrons. The lowest BCUT2D eigenvalue weighted by Crippen LogP contribution is -2.23. The number of amides is 1. The Morgan fingerprint density at radius 2 is 1.92 bits per heavy atom. The van der Waals surface area contributed by atoms with Crippen LogP contribution in [0.15, 0.2) is 54.9 Å². The molecule has 6 heteroatoms. The third kappa shape index (κ3) is 4.41.